The van der Waals surface area contributed by atoms with Crippen LogP contribution in [0.4, 0.5) is 0 Å². The number of guanidine groups is 1. The first kappa shape index (κ1) is 21.9. The molecule has 1 amide bonds. The van der Waals surface area contributed by atoms with Gasteiger partial charge in [-0.2, -0.15) is 0 Å². The second-order valence-electron chi connectivity index (χ2n) is 6.88. The van der Waals surface area contributed by atoms with Crippen molar-refractivity contribution in [2.24, 2.45) is 4.99 Å². The van der Waals surface area contributed by atoms with Crippen molar-refractivity contribution in [1.82, 2.24) is 20.9 Å². The van der Waals surface area contributed by atoms with E-state index in [0.717, 1.165) is 25.5 Å². The lowest BCUT2D eigenvalue weighted by Crippen LogP contribution is -2.42. The van der Waals surface area contributed by atoms with Crippen molar-refractivity contribution in [3.8, 4) is 11.5 Å². The third-order valence-electron chi connectivity index (χ3n) is 4.55. The number of ether oxygens (including phenoxy) is 1. The third kappa shape index (κ3) is 6.59. The molecule has 164 valence electrons. The largest absolute Gasteiger partial charge is 0.507 e. The molecule has 0 spiro atoms. The molecule has 10 nitrogen and oxygen atoms in total. The molecule has 1 unspecified atom stereocenters. The maximum atomic E-state index is 12.6. The molecule has 1 atom stereocenters. The van der Waals surface area contributed by atoms with Gasteiger partial charge in [0.1, 0.15) is 18.1 Å². The van der Waals surface area contributed by atoms with Crippen molar-refractivity contribution in [3.05, 3.63) is 53.9 Å². The molecule has 5 N–H and O–H groups in total. The van der Waals surface area contributed by atoms with Gasteiger partial charge < -0.3 is 30.9 Å². The molecular weight excluding hydrogens is 402 g/mol. The first-order valence-corrected chi connectivity index (χ1v) is 9.93. The number of pyridine rings is 1. The Morgan fingerprint density at radius 3 is 2.84 bits per heavy atom. The summed E-state index contributed by atoms with van der Waals surface area (Å²) < 4.78 is 5.59. The van der Waals surface area contributed by atoms with Crippen LogP contribution in [0.3, 0.4) is 0 Å². The molecule has 31 heavy (non-hydrogen) atoms. The monoisotopic (exact) mass is 427 g/mol. The van der Waals surface area contributed by atoms with Crippen molar-refractivity contribution < 1.29 is 24.5 Å². The van der Waals surface area contributed by atoms with Gasteiger partial charge in [0.2, 0.25) is 0 Å². The van der Waals surface area contributed by atoms with Crippen molar-refractivity contribution in [2.45, 2.75) is 18.9 Å². The van der Waals surface area contributed by atoms with Crippen LogP contribution < -0.4 is 20.7 Å². The summed E-state index contributed by atoms with van der Waals surface area (Å²) in [7, 11) is 0. The Morgan fingerprint density at radius 1 is 1.29 bits per heavy atom. The predicted molar refractivity (Wildman–Crippen MR) is 113 cm³/mol. The number of amides is 1. The lowest BCUT2D eigenvalue weighted by molar-refractivity contribution is -0.137. The average molecular weight is 427 g/mol. The zero-order valence-electron chi connectivity index (χ0n) is 16.9. The van der Waals surface area contributed by atoms with Crippen LogP contribution in [0.25, 0.3) is 0 Å². The van der Waals surface area contributed by atoms with E-state index in [2.05, 4.69) is 25.9 Å². The van der Waals surface area contributed by atoms with E-state index in [1.165, 1.54) is 18.3 Å². The molecule has 1 aliphatic rings. The Kier molecular flexibility index (Phi) is 7.63. The van der Waals surface area contributed by atoms with E-state index in [1.807, 2.05) is 0 Å². The van der Waals surface area contributed by atoms with Gasteiger partial charge >= 0.3 is 5.97 Å². The number of aromatic nitrogens is 1. The normalized spacial score (nSPS) is 14.0. The molecule has 0 saturated heterocycles. The van der Waals surface area contributed by atoms with E-state index >= 15 is 0 Å². The van der Waals surface area contributed by atoms with Crippen LogP contribution in [0.1, 0.15) is 34.8 Å². The Hall–Kier alpha value is -3.82. The third-order valence-corrected chi connectivity index (χ3v) is 4.55. The van der Waals surface area contributed by atoms with Crippen molar-refractivity contribution in [3.63, 3.8) is 0 Å². The number of benzene rings is 1. The first-order valence-electron chi connectivity index (χ1n) is 9.93. The SMILES string of the molecule is O=C(O)CC(NC(=O)c1ccc(OCCNC2=NCCCN2)cc1O)c1cccnc1. The number of carbonyl (C=O) groups is 2. The molecule has 1 aromatic heterocycles. The fraction of sp³-hybridized carbons (Fsp3) is 0.333. The number of nitrogens with one attached hydrogen (secondary N) is 3. The fourth-order valence-corrected chi connectivity index (χ4v) is 3.03. The highest BCUT2D eigenvalue weighted by Gasteiger charge is 2.21. The smallest absolute Gasteiger partial charge is 0.305 e. The predicted octanol–water partition coefficient (Wildman–Crippen LogP) is 1.05. The van der Waals surface area contributed by atoms with Crippen LogP contribution in [-0.2, 0) is 4.79 Å². The summed E-state index contributed by atoms with van der Waals surface area (Å²) in [5, 5.41) is 28.3. The van der Waals surface area contributed by atoms with Gasteiger partial charge in [0.15, 0.2) is 5.96 Å². The molecule has 0 fully saturated rings. The van der Waals surface area contributed by atoms with Gasteiger partial charge in [-0.15, -0.1) is 0 Å². The number of nitrogens with zero attached hydrogens (tertiary/aromatic N) is 2. The van der Waals surface area contributed by atoms with Crippen LogP contribution in [0.15, 0.2) is 47.7 Å². The molecule has 0 radical (unpaired) electrons. The molecule has 10 heteroatoms. The molecule has 3 rings (SSSR count). The maximum Gasteiger partial charge on any atom is 0.305 e. The number of aliphatic carboxylic acids is 1. The lowest BCUT2D eigenvalue weighted by atomic mass is 10.0. The minimum Gasteiger partial charge on any atom is -0.507 e. The molecule has 2 aromatic rings. The Morgan fingerprint density at radius 2 is 2.16 bits per heavy atom. The summed E-state index contributed by atoms with van der Waals surface area (Å²) in [6, 6.07) is 6.91. The van der Waals surface area contributed by atoms with Crippen LogP contribution in [0.2, 0.25) is 0 Å². The molecule has 0 saturated carbocycles. The van der Waals surface area contributed by atoms with Gasteiger partial charge in [0.25, 0.3) is 5.91 Å². The zero-order chi connectivity index (χ0) is 22.1. The van der Waals surface area contributed by atoms with Crippen LogP contribution in [0.5, 0.6) is 11.5 Å². The van der Waals surface area contributed by atoms with E-state index < -0.39 is 17.9 Å². The van der Waals surface area contributed by atoms with Gasteiger partial charge in [0, 0.05) is 31.5 Å². The van der Waals surface area contributed by atoms with E-state index in [-0.39, 0.29) is 17.7 Å². The first-order chi connectivity index (χ1) is 15.0. The van der Waals surface area contributed by atoms with Gasteiger partial charge in [-0.3, -0.25) is 19.6 Å². The van der Waals surface area contributed by atoms with Crippen molar-refractivity contribution in [2.75, 3.05) is 26.2 Å². The second-order valence-corrected chi connectivity index (χ2v) is 6.88. The number of aliphatic imine (C=N–C) groups is 1. The highest BCUT2D eigenvalue weighted by atomic mass is 16.5. The summed E-state index contributed by atoms with van der Waals surface area (Å²) in [6.07, 6.45) is 3.75. The Labute approximate surface area is 179 Å². The number of carboxylic acid groups (broad SMARTS) is 1. The van der Waals surface area contributed by atoms with Crippen molar-refractivity contribution in [1.29, 1.82) is 0 Å². The standard InChI is InChI=1S/C21H25N5O5/c27-18-11-15(31-10-9-25-21-23-7-2-8-24-21)4-5-16(18)20(30)26-17(12-19(28)29)14-3-1-6-22-13-14/h1,3-6,11,13,17,27H,2,7-10,12H2,(H,26,30)(H,28,29)(H2,23,24,25). The molecule has 2 heterocycles. The minimum atomic E-state index is -1.06. The summed E-state index contributed by atoms with van der Waals surface area (Å²) in [4.78, 5) is 32.1. The number of phenols is 1. The molecule has 1 aromatic carbocycles. The Balaban J connectivity index is 1.57. The highest BCUT2D eigenvalue weighted by Crippen LogP contribution is 2.25. The summed E-state index contributed by atoms with van der Waals surface area (Å²) in [5.74, 6) is -0.771. The lowest BCUT2D eigenvalue weighted by Gasteiger charge is -2.18. The van der Waals surface area contributed by atoms with Crippen LogP contribution in [0, 0.1) is 0 Å². The molecular formula is C21H25N5O5. The number of carboxylic acids is 1. The van der Waals surface area contributed by atoms with E-state index in [9.17, 15) is 14.7 Å². The van der Waals surface area contributed by atoms with Gasteiger partial charge in [-0.25, -0.2) is 0 Å². The molecule has 0 bridgehead atoms. The average Bonchev–Trinajstić information content (AvgIpc) is 2.77. The summed E-state index contributed by atoms with van der Waals surface area (Å²) >= 11 is 0. The topological polar surface area (TPSA) is 145 Å². The van der Waals surface area contributed by atoms with Crippen LogP contribution in [-0.4, -0.2) is 59.3 Å². The van der Waals surface area contributed by atoms with Gasteiger partial charge in [-0.1, -0.05) is 6.07 Å². The summed E-state index contributed by atoms with van der Waals surface area (Å²) in [5.41, 5.74) is 0.577. The number of phenolic OH excluding ortho intramolecular Hbond substituents is 1. The number of rotatable bonds is 9. The van der Waals surface area contributed by atoms with E-state index in [1.54, 1.807) is 24.4 Å². The molecule has 1 aliphatic heterocycles. The highest BCUT2D eigenvalue weighted by molar-refractivity contribution is 5.97. The van der Waals surface area contributed by atoms with E-state index in [4.69, 9.17) is 9.84 Å². The maximum absolute atomic E-state index is 12.6. The quantitative estimate of drug-likeness (QED) is 0.374. The number of aromatic hydroxyl groups is 1. The summed E-state index contributed by atoms with van der Waals surface area (Å²) in [6.45, 7) is 2.55. The Bertz CT molecular complexity index is 935. The van der Waals surface area contributed by atoms with Gasteiger partial charge in [-0.05, 0) is 30.2 Å². The number of hydrogen-bond acceptors (Lipinski definition) is 8. The zero-order valence-corrected chi connectivity index (χ0v) is 16.9. The fourth-order valence-electron chi connectivity index (χ4n) is 3.03. The minimum absolute atomic E-state index is 0.0190. The van der Waals surface area contributed by atoms with Crippen LogP contribution >= 0.6 is 0 Å². The van der Waals surface area contributed by atoms with Gasteiger partial charge in [0.05, 0.1) is 24.6 Å². The van der Waals surface area contributed by atoms with E-state index in [0.29, 0.717) is 24.5 Å². The second kappa shape index (κ2) is 10.8. The number of hydrogen-bond donors (Lipinski definition) is 5. The number of carbonyl (C=O) groups excluding carboxylic acids is 1. The molecule has 0 aliphatic carbocycles. The van der Waals surface area contributed by atoms with Crippen molar-refractivity contribution >= 4 is 17.8 Å².